The van der Waals surface area contributed by atoms with E-state index < -0.39 is 0 Å². The molecule has 0 N–H and O–H groups in total. The van der Waals surface area contributed by atoms with Crippen LogP contribution >= 0.6 is 11.8 Å². The SMILES string of the molecule is COC[C@@H]1SC(C(C)C)C=C1C. The van der Waals surface area contributed by atoms with Gasteiger partial charge in [-0.25, -0.2) is 0 Å². The van der Waals surface area contributed by atoms with Gasteiger partial charge in [-0.2, -0.15) is 0 Å². The van der Waals surface area contributed by atoms with Gasteiger partial charge in [0.15, 0.2) is 0 Å². The third-order valence-electron chi connectivity index (χ3n) is 2.23. The lowest BCUT2D eigenvalue weighted by molar-refractivity contribution is 0.206. The number of rotatable bonds is 3. The molecule has 0 spiro atoms. The minimum absolute atomic E-state index is 0.599. The predicted octanol–water partition coefficient (Wildman–Crippen LogP) is 2.72. The number of thioether (sulfide) groups is 1. The number of hydrogen-bond donors (Lipinski definition) is 0. The van der Waals surface area contributed by atoms with Gasteiger partial charge in [0.05, 0.1) is 6.61 Å². The van der Waals surface area contributed by atoms with Gasteiger partial charge in [0.1, 0.15) is 0 Å². The highest BCUT2D eigenvalue weighted by atomic mass is 32.2. The Morgan fingerprint density at radius 1 is 1.58 bits per heavy atom. The fraction of sp³-hybridized carbons (Fsp3) is 0.800. The summed E-state index contributed by atoms with van der Waals surface area (Å²) in [5.74, 6) is 0.742. The molecule has 0 aromatic carbocycles. The first-order valence-electron chi connectivity index (χ1n) is 4.48. The van der Waals surface area contributed by atoms with E-state index in [0.717, 1.165) is 12.5 Å². The monoisotopic (exact) mass is 186 g/mol. The highest BCUT2D eigenvalue weighted by Crippen LogP contribution is 2.36. The standard InChI is InChI=1S/C10H18OS/c1-7(2)9-5-8(3)10(12-9)6-11-4/h5,7,9-10H,6H2,1-4H3/t9?,10-/m0/s1. The zero-order valence-corrected chi connectivity index (χ0v) is 9.15. The predicted molar refractivity (Wildman–Crippen MR) is 55.6 cm³/mol. The van der Waals surface area contributed by atoms with Crippen LogP contribution in [0.25, 0.3) is 0 Å². The molecule has 1 rings (SSSR count). The van der Waals surface area contributed by atoms with Crippen LogP contribution in [0, 0.1) is 5.92 Å². The Labute approximate surface area is 79.6 Å². The summed E-state index contributed by atoms with van der Waals surface area (Å²) >= 11 is 2.03. The van der Waals surface area contributed by atoms with Crippen molar-refractivity contribution >= 4 is 11.8 Å². The lowest BCUT2D eigenvalue weighted by atomic mass is 10.1. The second-order valence-corrected chi connectivity index (χ2v) is 5.08. The Morgan fingerprint density at radius 2 is 2.25 bits per heavy atom. The van der Waals surface area contributed by atoms with Gasteiger partial charge in [0, 0.05) is 17.6 Å². The minimum atomic E-state index is 0.599. The fourth-order valence-electron chi connectivity index (χ4n) is 1.37. The number of ether oxygens (including phenoxy) is 1. The van der Waals surface area contributed by atoms with Crippen LogP contribution < -0.4 is 0 Å². The van der Waals surface area contributed by atoms with Crippen LogP contribution in [0.2, 0.25) is 0 Å². The highest BCUT2D eigenvalue weighted by molar-refractivity contribution is 8.01. The maximum absolute atomic E-state index is 5.16. The molecule has 0 aromatic rings. The van der Waals surface area contributed by atoms with Gasteiger partial charge in [-0.05, 0) is 12.8 Å². The molecule has 1 aliphatic rings. The molecule has 0 aliphatic carbocycles. The van der Waals surface area contributed by atoms with Crippen LogP contribution in [-0.2, 0) is 4.74 Å². The molecule has 70 valence electrons. The normalized spacial score (nSPS) is 29.6. The van der Waals surface area contributed by atoms with Crippen molar-refractivity contribution in [2.45, 2.75) is 31.3 Å². The van der Waals surface area contributed by atoms with Gasteiger partial charge in [-0.15, -0.1) is 11.8 Å². The topological polar surface area (TPSA) is 9.23 Å². The molecule has 0 radical (unpaired) electrons. The summed E-state index contributed by atoms with van der Waals surface area (Å²) in [5, 5.41) is 1.30. The first-order valence-corrected chi connectivity index (χ1v) is 5.42. The third kappa shape index (κ3) is 2.27. The fourth-order valence-corrected chi connectivity index (χ4v) is 2.87. The van der Waals surface area contributed by atoms with Crippen molar-refractivity contribution in [3.63, 3.8) is 0 Å². The van der Waals surface area contributed by atoms with E-state index in [9.17, 15) is 0 Å². The van der Waals surface area contributed by atoms with E-state index in [2.05, 4.69) is 26.8 Å². The van der Waals surface area contributed by atoms with Crippen molar-refractivity contribution in [2.75, 3.05) is 13.7 Å². The molecule has 0 amide bonds. The van der Waals surface area contributed by atoms with Crippen LogP contribution in [0.4, 0.5) is 0 Å². The summed E-state index contributed by atoms with van der Waals surface area (Å²) in [6, 6.07) is 0. The third-order valence-corrected chi connectivity index (χ3v) is 4.06. The molecular formula is C10H18OS. The highest BCUT2D eigenvalue weighted by Gasteiger charge is 2.25. The van der Waals surface area contributed by atoms with Crippen LogP contribution in [-0.4, -0.2) is 24.2 Å². The first-order chi connectivity index (χ1) is 5.65. The Hall–Kier alpha value is 0.0500. The van der Waals surface area contributed by atoms with Gasteiger partial charge >= 0.3 is 0 Å². The molecular weight excluding hydrogens is 168 g/mol. The summed E-state index contributed by atoms with van der Waals surface area (Å²) in [7, 11) is 1.77. The smallest absolute Gasteiger partial charge is 0.0619 e. The number of methoxy groups -OCH3 is 1. The van der Waals surface area contributed by atoms with Crippen molar-refractivity contribution in [3.05, 3.63) is 11.6 Å². The molecule has 1 nitrogen and oxygen atoms in total. The van der Waals surface area contributed by atoms with E-state index in [1.807, 2.05) is 11.8 Å². The Kier molecular flexibility index (Phi) is 3.66. The molecule has 0 bridgehead atoms. The van der Waals surface area contributed by atoms with Crippen LogP contribution in [0.1, 0.15) is 20.8 Å². The second-order valence-electron chi connectivity index (χ2n) is 3.70. The van der Waals surface area contributed by atoms with Gasteiger partial charge in [0.25, 0.3) is 0 Å². The molecule has 12 heavy (non-hydrogen) atoms. The van der Waals surface area contributed by atoms with Gasteiger partial charge < -0.3 is 4.74 Å². The molecule has 1 aliphatic heterocycles. The summed E-state index contributed by atoms with van der Waals surface area (Å²) in [6.07, 6.45) is 2.39. The van der Waals surface area contributed by atoms with Crippen molar-refractivity contribution in [3.8, 4) is 0 Å². The van der Waals surface area contributed by atoms with Crippen LogP contribution in [0.3, 0.4) is 0 Å². The Morgan fingerprint density at radius 3 is 2.67 bits per heavy atom. The van der Waals surface area contributed by atoms with Crippen LogP contribution in [0.5, 0.6) is 0 Å². The van der Waals surface area contributed by atoms with E-state index >= 15 is 0 Å². The summed E-state index contributed by atoms with van der Waals surface area (Å²) in [6.45, 7) is 7.61. The average molecular weight is 186 g/mol. The molecule has 0 saturated carbocycles. The molecule has 1 heterocycles. The van der Waals surface area contributed by atoms with Gasteiger partial charge in [-0.3, -0.25) is 0 Å². The zero-order valence-electron chi connectivity index (χ0n) is 8.33. The maximum Gasteiger partial charge on any atom is 0.0619 e. The average Bonchev–Trinajstić information content (AvgIpc) is 2.34. The zero-order chi connectivity index (χ0) is 9.14. The van der Waals surface area contributed by atoms with E-state index in [-0.39, 0.29) is 0 Å². The molecule has 2 atom stereocenters. The van der Waals surface area contributed by atoms with Crippen molar-refractivity contribution < 1.29 is 4.74 Å². The minimum Gasteiger partial charge on any atom is -0.383 e. The summed E-state index contributed by atoms with van der Waals surface area (Å²) < 4.78 is 5.16. The van der Waals surface area contributed by atoms with E-state index in [1.165, 1.54) is 5.57 Å². The largest absolute Gasteiger partial charge is 0.383 e. The molecule has 0 aromatic heterocycles. The quantitative estimate of drug-likeness (QED) is 0.627. The molecule has 2 heteroatoms. The Balaban J connectivity index is 2.49. The van der Waals surface area contributed by atoms with Crippen molar-refractivity contribution in [1.29, 1.82) is 0 Å². The van der Waals surface area contributed by atoms with E-state index in [0.29, 0.717) is 10.5 Å². The number of hydrogen-bond acceptors (Lipinski definition) is 2. The lowest BCUT2D eigenvalue weighted by Crippen LogP contribution is -2.11. The first kappa shape index (κ1) is 10.1. The molecule has 0 fully saturated rings. The van der Waals surface area contributed by atoms with Gasteiger partial charge in [-0.1, -0.05) is 25.5 Å². The van der Waals surface area contributed by atoms with Gasteiger partial charge in [0.2, 0.25) is 0 Å². The summed E-state index contributed by atoms with van der Waals surface area (Å²) in [5.41, 5.74) is 1.49. The van der Waals surface area contributed by atoms with E-state index in [4.69, 9.17) is 4.74 Å². The second kappa shape index (κ2) is 4.33. The summed E-state index contributed by atoms with van der Waals surface area (Å²) in [4.78, 5) is 0. The van der Waals surface area contributed by atoms with E-state index in [1.54, 1.807) is 7.11 Å². The lowest BCUT2D eigenvalue weighted by Gasteiger charge is -2.14. The van der Waals surface area contributed by atoms with Crippen LogP contribution in [0.15, 0.2) is 11.6 Å². The molecule has 1 unspecified atom stereocenters. The molecule has 0 saturated heterocycles. The van der Waals surface area contributed by atoms with Crippen molar-refractivity contribution in [1.82, 2.24) is 0 Å². The Bertz CT molecular complexity index is 175. The van der Waals surface area contributed by atoms with Crippen molar-refractivity contribution in [2.24, 2.45) is 5.92 Å². The maximum atomic E-state index is 5.16.